The Balaban J connectivity index is 1.30. The normalized spacial score (nSPS) is 11.6. The van der Waals surface area contributed by atoms with Gasteiger partial charge in [0.25, 0.3) is 0 Å². The van der Waals surface area contributed by atoms with Crippen LogP contribution in [0.4, 0.5) is 0 Å². The van der Waals surface area contributed by atoms with Crippen LogP contribution in [-0.4, -0.2) is 15.0 Å². The van der Waals surface area contributed by atoms with Crippen molar-refractivity contribution >= 4 is 53.4 Å². The minimum Gasteiger partial charge on any atom is -0.455 e. The molecule has 206 valence electrons. The average molecular weight is 582 g/mol. The molecule has 6 aromatic carbocycles. The van der Waals surface area contributed by atoms with E-state index in [1.54, 1.807) is 0 Å². The molecule has 3 aromatic heterocycles. The van der Waals surface area contributed by atoms with Gasteiger partial charge in [0.2, 0.25) is 0 Å². The van der Waals surface area contributed by atoms with Crippen molar-refractivity contribution in [2.24, 2.45) is 0 Å². The van der Waals surface area contributed by atoms with Gasteiger partial charge in [0, 0.05) is 42.1 Å². The molecule has 44 heavy (non-hydrogen) atoms. The summed E-state index contributed by atoms with van der Waals surface area (Å²) in [4.78, 5) is 14.8. The second-order valence-corrected chi connectivity index (χ2v) is 11.9. The van der Waals surface area contributed by atoms with E-state index < -0.39 is 0 Å². The molecular weight excluding hydrogens is 559 g/mol. The maximum Gasteiger partial charge on any atom is 0.167 e. The first-order valence-electron chi connectivity index (χ1n) is 14.5. The van der Waals surface area contributed by atoms with E-state index in [-0.39, 0.29) is 0 Å². The van der Waals surface area contributed by atoms with Crippen LogP contribution in [0.5, 0.6) is 0 Å². The van der Waals surface area contributed by atoms with Crippen molar-refractivity contribution in [3.63, 3.8) is 0 Å². The lowest BCUT2D eigenvalue weighted by Crippen LogP contribution is -2.00. The minimum atomic E-state index is 0.579. The molecule has 0 unspecified atom stereocenters. The van der Waals surface area contributed by atoms with Crippen molar-refractivity contribution in [3.8, 4) is 45.3 Å². The minimum absolute atomic E-state index is 0.579. The molecule has 0 N–H and O–H groups in total. The topological polar surface area (TPSA) is 51.8 Å². The van der Waals surface area contributed by atoms with Gasteiger partial charge in [-0.1, -0.05) is 115 Å². The van der Waals surface area contributed by atoms with Gasteiger partial charge in [0.15, 0.2) is 17.5 Å². The smallest absolute Gasteiger partial charge is 0.167 e. The van der Waals surface area contributed by atoms with Crippen LogP contribution < -0.4 is 0 Å². The lowest BCUT2D eigenvalue weighted by molar-refractivity contribution is 0.669. The van der Waals surface area contributed by atoms with E-state index in [9.17, 15) is 0 Å². The van der Waals surface area contributed by atoms with Gasteiger partial charge in [0.1, 0.15) is 11.2 Å². The fraction of sp³-hybridized carbons (Fsp3) is 0. The highest BCUT2D eigenvalue weighted by molar-refractivity contribution is 7.25. The fourth-order valence-electron chi connectivity index (χ4n) is 6.18. The Morgan fingerprint density at radius 3 is 1.70 bits per heavy atom. The van der Waals surface area contributed by atoms with E-state index in [1.807, 2.05) is 84.1 Å². The Hall–Kier alpha value is -5.65. The Kier molecular flexibility index (Phi) is 5.64. The number of hydrogen-bond acceptors (Lipinski definition) is 5. The molecule has 0 saturated carbocycles. The summed E-state index contributed by atoms with van der Waals surface area (Å²) < 4.78 is 9.24. The maximum absolute atomic E-state index is 6.67. The third-order valence-corrected chi connectivity index (χ3v) is 9.29. The summed E-state index contributed by atoms with van der Waals surface area (Å²) in [5.41, 5.74) is 6.66. The largest absolute Gasteiger partial charge is 0.455 e. The number of hydrogen-bond donors (Lipinski definition) is 0. The van der Waals surface area contributed by atoms with Crippen molar-refractivity contribution in [2.75, 3.05) is 0 Å². The number of rotatable bonds is 4. The summed E-state index contributed by atoms with van der Waals surface area (Å²) in [5.74, 6) is 1.83. The number of para-hydroxylation sites is 1. The summed E-state index contributed by atoms with van der Waals surface area (Å²) in [6.07, 6.45) is 0. The highest BCUT2D eigenvalue weighted by atomic mass is 32.1. The molecule has 0 amide bonds. The lowest BCUT2D eigenvalue weighted by Gasteiger charge is -2.09. The van der Waals surface area contributed by atoms with Crippen LogP contribution in [0, 0.1) is 0 Å². The number of furan rings is 1. The lowest BCUT2D eigenvalue weighted by atomic mass is 9.95. The molecule has 9 rings (SSSR count). The van der Waals surface area contributed by atoms with Gasteiger partial charge in [-0.2, -0.15) is 0 Å². The standard InChI is InChI=1S/C39H23N3OS/c1-3-12-24(13-4-1)37-40-38(25-14-5-2-6-15-25)42-39(41-37)30-20-9-19-29-34-26(17-10-21-31(34)43-36(29)30)27-18-11-23-33-35(27)28-16-7-8-22-32(28)44-33/h1-23H. The second-order valence-electron chi connectivity index (χ2n) is 10.8. The summed E-state index contributed by atoms with van der Waals surface area (Å²) in [5, 5.41) is 4.68. The van der Waals surface area contributed by atoms with Gasteiger partial charge >= 0.3 is 0 Å². The van der Waals surface area contributed by atoms with E-state index >= 15 is 0 Å². The maximum atomic E-state index is 6.67. The highest BCUT2D eigenvalue weighted by Crippen LogP contribution is 2.45. The first-order valence-corrected chi connectivity index (χ1v) is 15.4. The Morgan fingerprint density at radius 1 is 0.409 bits per heavy atom. The molecule has 4 nitrogen and oxygen atoms in total. The molecule has 0 aliphatic rings. The summed E-state index contributed by atoms with van der Waals surface area (Å²) in [6.45, 7) is 0. The Morgan fingerprint density at radius 2 is 0.955 bits per heavy atom. The molecule has 0 radical (unpaired) electrons. The molecule has 0 fully saturated rings. The van der Waals surface area contributed by atoms with Gasteiger partial charge in [-0.15, -0.1) is 11.3 Å². The van der Waals surface area contributed by atoms with Crippen LogP contribution in [-0.2, 0) is 0 Å². The second kappa shape index (κ2) is 9.97. The van der Waals surface area contributed by atoms with Crippen molar-refractivity contribution < 1.29 is 4.42 Å². The van der Waals surface area contributed by atoms with Gasteiger partial charge < -0.3 is 4.42 Å². The van der Waals surface area contributed by atoms with E-state index in [0.29, 0.717) is 17.5 Å². The predicted molar refractivity (Wildman–Crippen MR) is 182 cm³/mol. The van der Waals surface area contributed by atoms with Crippen LogP contribution in [0.2, 0.25) is 0 Å². The monoisotopic (exact) mass is 581 g/mol. The van der Waals surface area contributed by atoms with E-state index in [1.165, 1.54) is 25.7 Å². The average Bonchev–Trinajstić information content (AvgIpc) is 3.67. The molecular formula is C39H23N3OS. The Bertz CT molecular complexity index is 2440. The number of fused-ring (bicyclic) bond motifs is 6. The van der Waals surface area contributed by atoms with E-state index in [2.05, 4.69) is 66.7 Å². The number of benzene rings is 6. The molecule has 0 aliphatic carbocycles. The van der Waals surface area contributed by atoms with Crippen molar-refractivity contribution in [2.45, 2.75) is 0 Å². The zero-order valence-electron chi connectivity index (χ0n) is 23.4. The molecule has 0 atom stereocenters. The molecule has 0 bridgehead atoms. The van der Waals surface area contributed by atoms with Gasteiger partial charge in [0.05, 0.1) is 5.56 Å². The molecule has 0 saturated heterocycles. The number of thiophene rings is 1. The zero-order chi connectivity index (χ0) is 29.0. The van der Waals surface area contributed by atoms with Crippen molar-refractivity contribution in [1.82, 2.24) is 15.0 Å². The molecule has 5 heteroatoms. The quantitative estimate of drug-likeness (QED) is 0.207. The van der Waals surface area contributed by atoms with Crippen LogP contribution in [0.15, 0.2) is 144 Å². The molecule has 3 heterocycles. The fourth-order valence-corrected chi connectivity index (χ4v) is 7.31. The molecule has 0 aliphatic heterocycles. The summed E-state index contributed by atoms with van der Waals surface area (Å²) in [7, 11) is 0. The first kappa shape index (κ1) is 24.9. The first-order chi connectivity index (χ1) is 21.8. The van der Waals surface area contributed by atoms with Crippen LogP contribution in [0.25, 0.3) is 87.4 Å². The summed E-state index contributed by atoms with van der Waals surface area (Å²) >= 11 is 1.83. The third kappa shape index (κ3) is 3.94. The van der Waals surface area contributed by atoms with Crippen molar-refractivity contribution in [1.29, 1.82) is 0 Å². The van der Waals surface area contributed by atoms with Crippen LogP contribution >= 0.6 is 11.3 Å². The van der Waals surface area contributed by atoms with Gasteiger partial charge in [-0.3, -0.25) is 0 Å². The SMILES string of the molecule is c1ccc(-c2nc(-c3ccccc3)nc(-c3cccc4c3oc3cccc(-c5cccc6sc7ccccc7c56)c34)n2)cc1. The third-order valence-electron chi connectivity index (χ3n) is 8.16. The number of nitrogens with zero attached hydrogens (tertiary/aromatic N) is 3. The predicted octanol–water partition coefficient (Wildman–Crippen LogP) is 10.8. The zero-order valence-corrected chi connectivity index (χ0v) is 24.3. The Labute approximate surface area is 256 Å². The van der Waals surface area contributed by atoms with Crippen LogP contribution in [0.3, 0.4) is 0 Å². The van der Waals surface area contributed by atoms with E-state index in [0.717, 1.165) is 44.2 Å². The van der Waals surface area contributed by atoms with Gasteiger partial charge in [-0.25, -0.2) is 15.0 Å². The van der Waals surface area contributed by atoms with E-state index in [4.69, 9.17) is 19.4 Å². The number of aromatic nitrogens is 3. The van der Waals surface area contributed by atoms with Crippen LogP contribution in [0.1, 0.15) is 0 Å². The molecule has 9 aromatic rings. The van der Waals surface area contributed by atoms with Gasteiger partial charge in [-0.05, 0) is 35.4 Å². The highest BCUT2D eigenvalue weighted by Gasteiger charge is 2.20. The van der Waals surface area contributed by atoms with Crippen molar-refractivity contribution in [3.05, 3.63) is 140 Å². The summed E-state index contributed by atoms with van der Waals surface area (Å²) in [6, 6.07) is 47.9. The molecule has 0 spiro atoms.